The molecule has 0 saturated carbocycles. The number of nitrogens with one attached hydrogen (secondary N) is 1. The molecule has 0 aliphatic carbocycles. The maximum Gasteiger partial charge on any atom is 0.274 e. The van der Waals surface area contributed by atoms with Gasteiger partial charge in [-0.2, -0.15) is 0 Å². The Morgan fingerprint density at radius 1 is 1.22 bits per heavy atom. The molecule has 4 nitrogen and oxygen atoms in total. The second-order valence-electron chi connectivity index (χ2n) is 3.96. The number of benzene rings is 1. The van der Waals surface area contributed by atoms with Crippen LogP contribution in [-0.4, -0.2) is 15.9 Å². The molecule has 0 spiro atoms. The molecule has 2 aromatic rings. The van der Waals surface area contributed by atoms with E-state index in [0.29, 0.717) is 5.69 Å². The molecule has 1 heterocycles. The van der Waals surface area contributed by atoms with Crippen molar-refractivity contribution >= 4 is 27.5 Å². The van der Waals surface area contributed by atoms with Gasteiger partial charge in [0.2, 0.25) is 0 Å². The lowest BCUT2D eigenvalue weighted by molar-refractivity contribution is 0.102. The Hall–Kier alpha value is -1.75. The zero-order valence-corrected chi connectivity index (χ0v) is 11.7. The highest BCUT2D eigenvalue weighted by atomic mass is 79.9. The largest absolute Gasteiger partial charge is 0.321 e. The first-order valence-electron chi connectivity index (χ1n) is 5.42. The smallest absolute Gasteiger partial charge is 0.274 e. The molecule has 0 aliphatic rings. The van der Waals surface area contributed by atoms with Gasteiger partial charge in [0, 0.05) is 15.9 Å². The van der Waals surface area contributed by atoms with Crippen molar-refractivity contribution in [3.63, 3.8) is 0 Å². The number of rotatable bonds is 2. The molecule has 0 radical (unpaired) electrons. The van der Waals surface area contributed by atoms with Gasteiger partial charge < -0.3 is 5.32 Å². The van der Waals surface area contributed by atoms with E-state index in [2.05, 4.69) is 31.2 Å². The third kappa shape index (κ3) is 2.92. The Balaban J connectivity index is 2.18. The summed E-state index contributed by atoms with van der Waals surface area (Å²) in [4.78, 5) is 19.8. The minimum atomic E-state index is -0.240. The molecule has 0 bridgehead atoms. The fraction of sp³-hybridized carbons (Fsp3) is 0.154. The van der Waals surface area contributed by atoms with E-state index in [4.69, 9.17) is 0 Å². The Morgan fingerprint density at radius 3 is 2.67 bits per heavy atom. The molecule has 0 fully saturated rings. The first-order chi connectivity index (χ1) is 8.56. The van der Waals surface area contributed by atoms with Gasteiger partial charge in [-0.3, -0.25) is 4.79 Å². The van der Waals surface area contributed by atoms with Crippen LogP contribution in [0, 0.1) is 13.8 Å². The summed E-state index contributed by atoms with van der Waals surface area (Å²) < 4.78 is 0.958. The maximum atomic E-state index is 11.9. The predicted molar refractivity (Wildman–Crippen MR) is 73.6 cm³/mol. The zero-order chi connectivity index (χ0) is 13.1. The summed E-state index contributed by atoms with van der Waals surface area (Å²) in [7, 11) is 0. The molecule has 5 heteroatoms. The lowest BCUT2D eigenvalue weighted by atomic mass is 10.2. The fourth-order valence-corrected chi connectivity index (χ4v) is 1.82. The SMILES string of the molecule is Cc1cc(C(=O)Nc2ccc(C)c(Br)c2)ncn1. The Labute approximate surface area is 114 Å². The van der Waals surface area contributed by atoms with E-state index < -0.39 is 0 Å². The van der Waals surface area contributed by atoms with Crippen molar-refractivity contribution in [2.45, 2.75) is 13.8 Å². The van der Waals surface area contributed by atoms with Gasteiger partial charge in [-0.1, -0.05) is 22.0 Å². The van der Waals surface area contributed by atoms with Crippen molar-refractivity contribution in [1.29, 1.82) is 0 Å². The average Bonchev–Trinajstić information content (AvgIpc) is 2.34. The van der Waals surface area contributed by atoms with Gasteiger partial charge >= 0.3 is 0 Å². The van der Waals surface area contributed by atoms with Crippen molar-refractivity contribution in [3.8, 4) is 0 Å². The van der Waals surface area contributed by atoms with E-state index in [9.17, 15) is 4.79 Å². The number of aryl methyl sites for hydroxylation is 2. The van der Waals surface area contributed by atoms with E-state index in [1.54, 1.807) is 6.07 Å². The summed E-state index contributed by atoms with van der Waals surface area (Å²) >= 11 is 3.43. The molecular weight excluding hydrogens is 294 g/mol. The van der Waals surface area contributed by atoms with Gasteiger partial charge in [0.05, 0.1) is 0 Å². The summed E-state index contributed by atoms with van der Waals surface area (Å²) in [5.41, 5.74) is 2.97. The molecule has 1 aromatic heterocycles. The van der Waals surface area contributed by atoms with Crippen LogP contribution in [-0.2, 0) is 0 Å². The third-order valence-corrected chi connectivity index (χ3v) is 3.32. The fourth-order valence-electron chi connectivity index (χ4n) is 1.44. The molecule has 0 unspecified atom stereocenters. The van der Waals surface area contributed by atoms with Crippen LogP contribution in [0.3, 0.4) is 0 Å². The van der Waals surface area contributed by atoms with Crippen LogP contribution < -0.4 is 5.32 Å². The molecule has 0 aliphatic heterocycles. The number of amides is 1. The van der Waals surface area contributed by atoms with Gasteiger partial charge in [-0.25, -0.2) is 9.97 Å². The molecular formula is C13H12BrN3O. The first-order valence-corrected chi connectivity index (χ1v) is 6.22. The Bertz CT molecular complexity index is 599. The molecule has 1 amide bonds. The van der Waals surface area contributed by atoms with E-state index in [1.807, 2.05) is 32.0 Å². The molecule has 0 atom stereocenters. The zero-order valence-electron chi connectivity index (χ0n) is 10.1. The summed E-state index contributed by atoms with van der Waals surface area (Å²) in [5.74, 6) is -0.240. The summed E-state index contributed by atoms with van der Waals surface area (Å²) in [6.45, 7) is 3.81. The topological polar surface area (TPSA) is 54.9 Å². The van der Waals surface area contributed by atoms with Gasteiger partial charge in [0.25, 0.3) is 5.91 Å². The predicted octanol–water partition coefficient (Wildman–Crippen LogP) is 3.11. The number of carbonyl (C=O) groups is 1. The van der Waals surface area contributed by atoms with Crippen molar-refractivity contribution in [2.24, 2.45) is 0 Å². The monoisotopic (exact) mass is 305 g/mol. The number of nitrogens with zero attached hydrogens (tertiary/aromatic N) is 2. The highest BCUT2D eigenvalue weighted by molar-refractivity contribution is 9.10. The van der Waals surface area contributed by atoms with Crippen LogP contribution in [0.1, 0.15) is 21.7 Å². The molecule has 2 rings (SSSR count). The minimum absolute atomic E-state index is 0.240. The Kier molecular flexibility index (Phi) is 3.72. The number of carbonyl (C=O) groups excluding carboxylic acids is 1. The summed E-state index contributed by atoms with van der Waals surface area (Å²) in [6.07, 6.45) is 1.38. The van der Waals surface area contributed by atoms with Crippen LogP contribution in [0.2, 0.25) is 0 Å². The van der Waals surface area contributed by atoms with Crippen molar-refractivity contribution in [3.05, 3.63) is 52.0 Å². The van der Waals surface area contributed by atoms with E-state index in [0.717, 1.165) is 21.4 Å². The highest BCUT2D eigenvalue weighted by Crippen LogP contribution is 2.20. The highest BCUT2D eigenvalue weighted by Gasteiger charge is 2.08. The quantitative estimate of drug-likeness (QED) is 0.927. The minimum Gasteiger partial charge on any atom is -0.321 e. The molecule has 1 N–H and O–H groups in total. The Morgan fingerprint density at radius 2 is 2.00 bits per heavy atom. The number of hydrogen-bond acceptors (Lipinski definition) is 3. The van der Waals surface area contributed by atoms with E-state index >= 15 is 0 Å². The van der Waals surface area contributed by atoms with Gasteiger partial charge in [-0.05, 0) is 37.6 Å². The summed E-state index contributed by atoms with van der Waals surface area (Å²) in [5, 5.41) is 2.79. The molecule has 1 aromatic carbocycles. The van der Waals surface area contributed by atoms with Gasteiger partial charge in [0.15, 0.2) is 0 Å². The standard InChI is InChI=1S/C13H12BrN3O/c1-8-3-4-10(6-11(8)14)17-13(18)12-5-9(2)15-7-16-12/h3-7H,1-2H3,(H,17,18). The lowest BCUT2D eigenvalue weighted by Gasteiger charge is -2.06. The molecule has 0 saturated heterocycles. The number of hydrogen-bond donors (Lipinski definition) is 1. The van der Waals surface area contributed by atoms with Crippen LogP contribution >= 0.6 is 15.9 Å². The maximum absolute atomic E-state index is 11.9. The first kappa shape index (κ1) is 12.7. The normalized spacial score (nSPS) is 10.2. The van der Waals surface area contributed by atoms with Crippen LogP contribution in [0.4, 0.5) is 5.69 Å². The van der Waals surface area contributed by atoms with Gasteiger partial charge in [0.1, 0.15) is 12.0 Å². The second-order valence-corrected chi connectivity index (χ2v) is 4.82. The van der Waals surface area contributed by atoms with Gasteiger partial charge in [-0.15, -0.1) is 0 Å². The van der Waals surface area contributed by atoms with Crippen LogP contribution in [0.5, 0.6) is 0 Å². The van der Waals surface area contributed by atoms with Crippen molar-refractivity contribution in [2.75, 3.05) is 5.32 Å². The lowest BCUT2D eigenvalue weighted by Crippen LogP contribution is -2.14. The van der Waals surface area contributed by atoms with Crippen LogP contribution in [0.25, 0.3) is 0 Å². The number of aromatic nitrogens is 2. The van der Waals surface area contributed by atoms with Crippen molar-refractivity contribution in [1.82, 2.24) is 9.97 Å². The van der Waals surface area contributed by atoms with Crippen LogP contribution in [0.15, 0.2) is 35.1 Å². The number of halogens is 1. The molecule has 18 heavy (non-hydrogen) atoms. The molecule has 92 valence electrons. The second kappa shape index (κ2) is 5.27. The average molecular weight is 306 g/mol. The number of anilines is 1. The third-order valence-electron chi connectivity index (χ3n) is 2.47. The summed E-state index contributed by atoms with van der Waals surface area (Å²) in [6, 6.07) is 7.30. The van der Waals surface area contributed by atoms with E-state index in [-0.39, 0.29) is 5.91 Å². The van der Waals surface area contributed by atoms with E-state index in [1.165, 1.54) is 6.33 Å². The van der Waals surface area contributed by atoms with Crippen molar-refractivity contribution < 1.29 is 4.79 Å².